The monoisotopic (exact) mass is 758 g/mol. The normalized spacial score (nSPS) is 11.7. The second-order valence-electron chi connectivity index (χ2n) is 13.6. The SMILES string of the molecule is CC(=O)CCOCCOCCN(CCOCCOCCC(C)=O)C(=O)CCC(NC(=O)CCCCCCCCCCCCCCCCC(=O)O)C(=O)O. The van der Waals surface area contributed by atoms with Gasteiger partial charge in [0.2, 0.25) is 11.8 Å². The van der Waals surface area contributed by atoms with Gasteiger partial charge in [-0.3, -0.25) is 24.0 Å². The second kappa shape index (κ2) is 36.1. The fourth-order valence-electron chi connectivity index (χ4n) is 5.42. The predicted molar refractivity (Wildman–Crippen MR) is 201 cm³/mol. The number of ether oxygens (including phenoxy) is 4. The molecule has 0 heterocycles. The number of hydrogen-bond acceptors (Lipinski definition) is 10. The van der Waals surface area contributed by atoms with Gasteiger partial charge in [-0.05, 0) is 33.1 Å². The molecule has 0 aromatic rings. The van der Waals surface area contributed by atoms with E-state index in [1.165, 1.54) is 58.8 Å². The van der Waals surface area contributed by atoms with Gasteiger partial charge in [0.1, 0.15) is 17.6 Å². The van der Waals surface area contributed by atoms with Crippen LogP contribution in [-0.2, 0) is 47.7 Å². The van der Waals surface area contributed by atoms with Crippen LogP contribution in [0.2, 0.25) is 0 Å². The fourth-order valence-corrected chi connectivity index (χ4v) is 5.42. The van der Waals surface area contributed by atoms with Gasteiger partial charge in [-0.25, -0.2) is 4.79 Å². The standard InChI is InChI=1S/C39H70N2O12/c1-33(42)21-25-50-29-31-52-27-23-41(24-28-53-32-30-51-26-22-34(2)43)37(45)20-19-35(39(48)49)40-36(44)17-15-13-11-9-7-5-3-4-6-8-10-12-14-16-18-38(46)47/h35H,3-32H2,1-2H3,(H,40,44)(H,46,47)(H,48,49). The molecule has 1 unspecified atom stereocenters. The Hall–Kier alpha value is -2.94. The Bertz CT molecular complexity index is 964. The van der Waals surface area contributed by atoms with Crippen LogP contribution >= 0.6 is 0 Å². The lowest BCUT2D eigenvalue weighted by molar-refractivity contribution is -0.142. The molecule has 0 saturated heterocycles. The molecule has 0 rings (SSSR count). The first-order chi connectivity index (χ1) is 25.5. The lowest BCUT2D eigenvalue weighted by Crippen LogP contribution is -2.42. The molecule has 14 heteroatoms. The Balaban J connectivity index is 4.34. The summed E-state index contributed by atoms with van der Waals surface area (Å²) in [6.45, 7) is 5.84. The van der Waals surface area contributed by atoms with E-state index in [0.717, 1.165) is 38.5 Å². The van der Waals surface area contributed by atoms with Gasteiger partial charge in [0.05, 0.1) is 52.9 Å². The first-order valence-corrected chi connectivity index (χ1v) is 19.8. The van der Waals surface area contributed by atoms with E-state index >= 15 is 0 Å². The zero-order valence-corrected chi connectivity index (χ0v) is 32.7. The number of amides is 2. The maximum atomic E-state index is 13.1. The number of ketones is 2. The molecular weight excluding hydrogens is 688 g/mol. The van der Waals surface area contributed by atoms with Gasteiger partial charge in [-0.2, -0.15) is 0 Å². The average Bonchev–Trinajstić information content (AvgIpc) is 3.10. The molecule has 3 N–H and O–H groups in total. The third-order valence-corrected chi connectivity index (χ3v) is 8.63. The van der Waals surface area contributed by atoms with Crippen LogP contribution in [0.1, 0.15) is 142 Å². The van der Waals surface area contributed by atoms with E-state index in [9.17, 15) is 33.9 Å². The van der Waals surface area contributed by atoms with Crippen LogP contribution in [-0.4, -0.2) is 122 Å². The maximum absolute atomic E-state index is 13.1. The van der Waals surface area contributed by atoms with E-state index < -0.39 is 18.0 Å². The Labute approximate surface area is 317 Å². The van der Waals surface area contributed by atoms with Crippen LogP contribution in [0.5, 0.6) is 0 Å². The number of nitrogens with zero attached hydrogens (tertiary/aromatic N) is 1. The topological polar surface area (TPSA) is 195 Å². The fraction of sp³-hybridized carbons (Fsp3) is 0.846. The Morgan fingerprint density at radius 2 is 0.868 bits per heavy atom. The number of aliphatic carboxylic acids is 2. The Morgan fingerprint density at radius 1 is 0.491 bits per heavy atom. The summed E-state index contributed by atoms with van der Waals surface area (Å²) in [5.74, 6) is -2.42. The molecule has 0 aromatic carbocycles. The van der Waals surface area contributed by atoms with Gasteiger partial charge in [-0.15, -0.1) is 0 Å². The molecule has 1 atom stereocenters. The smallest absolute Gasteiger partial charge is 0.326 e. The summed E-state index contributed by atoms with van der Waals surface area (Å²) >= 11 is 0. The third-order valence-electron chi connectivity index (χ3n) is 8.63. The van der Waals surface area contributed by atoms with Crippen molar-refractivity contribution < 1.29 is 57.9 Å². The lowest BCUT2D eigenvalue weighted by Gasteiger charge is -2.24. The molecule has 0 aromatic heterocycles. The summed E-state index contributed by atoms with van der Waals surface area (Å²) in [6, 6.07) is -1.17. The maximum Gasteiger partial charge on any atom is 0.326 e. The van der Waals surface area contributed by atoms with Gasteiger partial charge < -0.3 is 39.4 Å². The minimum atomic E-state index is -1.19. The van der Waals surface area contributed by atoms with Crippen molar-refractivity contribution in [2.45, 2.75) is 148 Å². The summed E-state index contributed by atoms with van der Waals surface area (Å²) in [7, 11) is 0. The van der Waals surface area contributed by atoms with Crippen molar-refractivity contribution in [3.63, 3.8) is 0 Å². The molecular formula is C39H70N2O12. The molecule has 0 saturated carbocycles. The van der Waals surface area contributed by atoms with Crippen LogP contribution in [0.15, 0.2) is 0 Å². The highest BCUT2D eigenvalue weighted by molar-refractivity contribution is 5.84. The Morgan fingerprint density at radius 3 is 1.25 bits per heavy atom. The quantitative estimate of drug-likeness (QED) is 0.0664. The number of carboxylic acid groups (broad SMARTS) is 2. The van der Waals surface area contributed by atoms with Crippen molar-refractivity contribution in [2.24, 2.45) is 0 Å². The molecule has 53 heavy (non-hydrogen) atoms. The van der Waals surface area contributed by atoms with Crippen molar-refractivity contribution in [1.82, 2.24) is 10.2 Å². The number of carboxylic acids is 2. The Kier molecular flexibility index (Phi) is 34.1. The summed E-state index contributed by atoms with van der Waals surface area (Å²) in [4.78, 5) is 71.6. The van der Waals surface area contributed by atoms with Gasteiger partial charge in [0.15, 0.2) is 0 Å². The van der Waals surface area contributed by atoms with E-state index in [1.54, 1.807) is 4.90 Å². The van der Waals surface area contributed by atoms with Crippen molar-refractivity contribution in [3.8, 4) is 0 Å². The average molecular weight is 759 g/mol. The van der Waals surface area contributed by atoms with Crippen LogP contribution in [0.25, 0.3) is 0 Å². The van der Waals surface area contributed by atoms with Gasteiger partial charge in [0.25, 0.3) is 0 Å². The van der Waals surface area contributed by atoms with E-state index in [2.05, 4.69) is 5.32 Å². The van der Waals surface area contributed by atoms with E-state index in [0.29, 0.717) is 58.9 Å². The molecule has 0 bridgehead atoms. The van der Waals surface area contributed by atoms with E-state index in [-0.39, 0.29) is 75.4 Å². The number of Topliss-reactive ketones (excluding diaryl/α,β-unsaturated/α-hetero) is 2. The van der Waals surface area contributed by atoms with E-state index in [1.807, 2.05) is 0 Å². The van der Waals surface area contributed by atoms with Gasteiger partial charge >= 0.3 is 11.9 Å². The molecule has 0 aliphatic rings. The summed E-state index contributed by atoms with van der Waals surface area (Å²) in [6.07, 6.45) is 16.1. The van der Waals surface area contributed by atoms with E-state index in [4.69, 9.17) is 24.1 Å². The molecule has 308 valence electrons. The van der Waals surface area contributed by atoms with Crippen molar-refractivity contribution in [2.75, 3.05) is 65.9 Å². The first-order valence-electron chi connectivity index (χ1n) is 19.8. The van der Waals surface area contributed by atoms with Gasteiger partial charge in [-0.1, -0.05) is 77.0 Å². The second-order valence-corrected chi connectivity index (χ2v) is 13.6. The van der Waals surface area contributed by atoms with Gasteiger partial charge in [0, 0.05) is 45.2 Å². The third kappa shape index (κ3) is 35.8. The minimum Gasteiger partial charge on any atom is -0.481 e. The predicted octanol–water partition coefficient (Wildman–Crippen LogP) is 5.52. The minimum absolute atomic E-state index is 0.0428. The highest BCUT2D eigenvalue weighted by atomic mass is 16.5. The number of hydrogen-bond donors (Lipinski definition) is 3. The van der Waals surface area contributed by atoms with Crippen molar-refractivity contribution in [1.29, 1.82) is 0 Å². The number of carbonyl (C=O) groups excluding carboxylic acids is 4. The molecule has 14 nitrogen and oxygen atoms in total. The number of carbonyl (C=O) groups is 6. The first kappa shape index (κ1) is 50.1. The molecule has 0 aliphatic heterocycles. The number of unbranched alkanes of at least 4 members (excludes halogenated alkanes) is 13. The van der Waals surface area contributed by atoms with Crippen LogP contribution in [0.3, 0.4) is 0 Å². The molecule has 0 fully saturated rings. The number of rotatable bonds is 40. The van der Waals surface area contributed by atoms with Crippen LogP contribution < -0.4 is 5.32 Å². The molecule has 2 amide bonds. The zero-order valence-electron chi connectivity index (χ0n) is 32.7. The van der Waals surface area contributed by atoms with Crippen LogP contribution in [0, 0.1) is 0 Å². The van der Waals surface area contributed by atoms with Crippen molar-refractivity contribution >= 4 is 35.3 Å². The van der Waals surface area contributed by atoms with Crippen LogP contribution in [0.4, 0.5) is 0 Å². The summed E-state index contributed by atoms with van der Waals surface area (Å²) < 4.78 is 21.9. The summed E-state index contributed by atoms with van der Waals surface area (Å²) in [5.41, 5.74) is 0. The van der Waals surface area contributed by atoms with Crippen molar-refractivity contribution in [3.05, 3.63) is 0 Å². The molecule has 0 radical (unpaired) electrons. The molecule has 0 spiro atoms. The highest BCUT2D eigenvalue weighted by Crippen LogP contribution is 2.14. The zero-order chi connectivity index (χ0) is 39.4. The highest BCUT2D eigenvalue weighted by Gasteiger charge is 2.23. The number of nitrogens with one attached hydrogen (secondary N) is 1. The lowest BCUT2D eigenvalue weighted by atomic mass is 10.0. The largest absolute Gasteiger partial charge is 0.481 e. The summed E-state index contributed by atoms with van der Waals surface area (Å²) in [5, 5.41) is 21.0. The molecule has 0 aliphatic carbocycles.